The van der Waals surface area contributed by atoms with Crippen molar-refractivity contribution in [1.82, 2.24) is 14.1 Å². The molecule has 0 spiro atoms. The number of carbonyl (C=O) groups is 1. The minimum atomic E-state index is -0.0385. The van der Waals surface area contributed by atoms with Gasteiger partial charge in [-0.2, -0.15) is 0 Å². The van der Waals surface area contributed by atoms with E-state index in [-0.39, 0.29) is 7.12 Å². The molecule has 3 aromatic rings. The lowest BCUT2D eigenvalue weighted by Gasteiger charge is -2.00. The number of imidazole rings is 1. The smallest absolute Gasteiger partial charge is 0.328 e. The van der Waals surface area contributed by atoms with Crippen LogP contribution in [0.4, 0.5) is 0 Å². The van der Waals surface area contributed by atoms with Gasteiger partial charge in [-0.1, -0.05) is 13.3 Å². The number of unbranched alkanes of at least 4 members (excludes halogenated alkanes) is 1. The SMILES string of the molecule is CCCCc1c(C=O)[nH]c2cc3c(cc12)n(C)c(=O)n3C.[HH]. The Morgan fingerprint density at radius 3 is 2.52 bits per heavy atom. The van der Waals surface area contributed by atoms with E-state index in [0.29, 0.717) is 5.69 Å². The van der Waals surface area contributed by atoms with Crippen LogP contribution in [0.2, 0.25) is 0 Å². The Bertz CT molecular complexity index is 902. The van der Waals surface area contributed by atoms with Crippen molar-refractivity contribution in [3.05, 3.63) is 33.9 Å². The molecule has 0 unspecified atom stereocenters. The van der Waals surface area contributed by atoms with Gasteiger partial charge in [0.15, 0.2) is 6.29 Å². The summed E-state index contributed by atoms with van der Waals surface area (Å²) >= 11 is 0. The van der Waals surface area contributed by atoms with Gasteiger partial charge in [0.25, 0.3) is 0 Å². The van der Waals surface area contributed by atoms with Crippen molar-refractivity contribution in [1.29, 1.82) is 0 Å². The molecular formula is C16H21N3O2. The van der Waals surface area contributed by atoms with Gasteiger partial charge in [0, 0.05) is 26.4 Å². The van der Waals surface area contributed by atoms with E-state index >= 15 is 0 Å². The second kappa shape index (κ2) is 4.91. The minimum absolute atomic E-state index is 0. The average molecular weight is 287 g/mol. The van der Waals surface area contributed by atoms with Crippen LogP contribution in [0.25, 0.3) is 21.9 Å². The topological polar surface area (TPSA) is 59.8 Å². The third kappa shape index (κ3) is 1.92. The third-order valence-electron chi connectivity index (χ3n) is 4.23. The molecule has 0 radical (unpaired) electrons. The molecule has 2 aromatic heterocycles. The first-order valence-electron chi connectivity index (χ1n) is 7.23. The zero-order valence-electron chi connectivity index (χ0n) is 12.6. The van der Waals surface area contributed by atoms with Crippen molar-refractivity contribution in [3.63, 3.8) is 0 Å². The van der Waals surface area contributed by atoms with Crippen LogP contribution in [-0.4, -0.2) is 20.4 Å². The summed E-state index contributed by atoms with van der Waals surface area (Å²) in [6, 6.07) is 3.97. The second-order valence-electron chi connectivity index (χ2n) is 5.53. The number of fused-ring (bicyclic) bond motifs is 2. The number of hydrogen-bond acceptors (Lipinski definition) is 2. The summed E-state index contributed by atoms with van der Waals surface area (Å²) in [6.45, 7) is 2.13. The number of rotatable bonds is 4. The number of hydrogen-bond donors (Lipinski definition) is 1. The van der Waals surface area contributed by atoms with Gasteiger partial charge in [-0.3, -0.25) is 13.9 Å². The van der Waals surface area contributed by atoms with E-state index < -0.39 is 0 Å². The Morgan fingerprint density at radius 1 is 1.24 bits per heavy atom. The lowest BCUT2D eigenvalue weighted by Crippen LogP contribution is -2.19. The maximum atomic E-state index is 12.0. The molecule has 0 amide bonds. The number of aryl methyl sites for hydroxylation is 3. The van der Waals surface area contributed by atoms with Crippen LogP contribution in [0.3, 0.4) is 0 Å². The molecule has 0 atom stereocenters. The molecule has 5 nitrogen and oxygen atoms in total. The second-order valence-corrected chi connectivity index (χ2v) is 5.53. The maximum Gasteiger partial charge on any atom is 0.328 e. The first-order chi connectivity index (χ1) is 10.1. The zero-order valence-corrected chi connectivity index (χ0v) is 12.6. The van der Waals surface area contributed by atoms with E-state index in [1.54, 1.807) is 23.2 Å². The molecule has 0 bridgehead atoms. The molecule has 21 heavy (non-hydrogen) atoms. The third-order valence-corrected chi connectivity index (χ3v) is 4.23. The Hall–Kier alpha value is -2.30. The van der Waals surface area contributed by atoms with Crippen LogP contribution in [0.1, 0.15) is 37.2 Å². The molecule has 0 fully saturated rings. The molecule has 112 valence electrons. The molecule has 5 heteroatoms. The van der Waals surface area contributed by atoms with E-state index in [9.17, 15) is 9.59 Å². The van der Waals surface area contributed by atoms with Crippen molar-refractivity contribution in [2.75, 3.05) is 0 Å². The van der Waals surface area contributed by atoms with Crippen LogP contribution >= 0.6 is 0 Å². The molecular weight excluding hydrogens is 266 g/mol. The standard InChI is InChI=1S/C16H19N3O2.H2/c1-4-5-6-10-11-7-14-15(19(3)16(21)18(14)2)8-12(11)17-13(10)9-20;/h7-9,17H,4-6H2,1-3H3;1H. The van der Waals surface area contributed by atoms with E-state index in [4.69, 9.17) is 0 Å². The first kappa shape index (κ1) is 13.7. The highest BCUT2D eigenvalue weighted by Crippen LogP contribution is 2.27. The number of aromatic amines is 1. The Morgan fingerprint density at radius 2 is 1.90 bits per heavy atom. The highest BCUT2D eigenvalue weighted by atomic mass is 16.1. The highest BCUT2D eigenvalue weighted by Gasteiger charge is 2.15. The van der Waals surface area contributed by atoms with Crippen LogP contribution in [0.15, 0.2) is 16.9 Å². The largest absolute Gasteiger partial charge is 0.352 e. The van der Waals surface area contributed by atoms with Gasteiger partial charge in [0.05, 0.1) is 16.7 Å². The molecule has 1 N–H and O–H groups in total. The minimum Gasteiger partial charge on any atom is -0.352 e. The van der Waals surface area contributed by atoms with Gasteiger partial charge in [0.2, 0.25) is 0 Å². The summed E-state index contributed by atoms with van der Waals surface area (Å²) in [5, 5.41) is 1.04. The Kier molecular flexibility index (Phi) is 3.20. The fourth-order valence-electron chi connectivity index (χ4n) is 2.99. The van der Waals surface area contributed by atoms with Crippen molar-refractivity contribution >= 4 is 28.2 Å². The first-order valence-corrected chi connectivity index (χ1v) is 7.23. The zero-order chi connectivity index (χ0) is 15.1. The maximum absolute atomic E-state index is 12.0. The van der Waals surface area contributed by atoms with Crippen LogP contribution in [0.5, 0.6) is 0 Å². The van der Waals surface area contributed by atoms with Gasteiger partial charge in [-0.05, 0) is 30.5 Å². The van der Waals surface area contributed by atoms with E-state index in [1.165, 1.54) is 0 Å². The van der Waals surface area contributed by atoms with Crippen molar-refractivity contribution in [2.45, 2.75) is 26.2 Å². The molecule has 0 aliphatic heterocycles. The van der Waals surface area contributed by atoms with E-state index in [0.717, 1.165) is 53.0 Å². The lowest BCUT2D eigenvalue weighted by atomic mass is 10.0. The number of benzene rings is 1. The molecule has 3 rings (SSSR count). The van der Waals surface area contributed by atoms with Crippen LogP contribution in [-0.2, 0) is 20.5 Å². The number of aldehydes is 1. The van der Waals surface area contributed by atoms with Gasteiger partial charge in [0.1, 0.15) is 0 Å². The fraction of sp³-hybridized carbons (Fsp3) is 0.375. The molecule has 2 heterocycles. The fourth-order valence-corrected chi connectivity index (χ4v) is 2.99. The molecule has 0 aliphatic carbocycles. The molecule has 0 aliphatic rings. The Balaban J connectivity index is 0.00000176. The molecule has 0 saturated carbocycles. The normalized spacial score (nSPS) is 11.6. The number of H-pyrrole nitrogens is 1. The number of carbonyl (C=O) groups excluding carboxylic acids is 1. The summed E-state index contributed by atoms with van der Waals surface area (Å²) in [5.74, 6) is 0. The van der Waals surface area contributed by atoms with Crippen molar-refractivity contribution in [2.24, 2.45) is 14.1 Å². The number of nitrogens with one attached hydrogen (secondary N) is 1. The van der Waals surface area contributed by atoms with Gasteiger partial charge in [-0.25, -0.2) is 4.79 Å². The van der Waals surface area contributed by atoms with Gasteiger partial charge < -0.3 is 4.98 Å². The van der Waals surface area contributed by atoms with Crippen LogP contribution in [0, 0.1) is 0 Å². The summed E-state index contributed by atoms with van der Waals surface area (Å²) in [7, 11) is 3.54. The average Bonchev–Trinajstić information content (AvgIpc) is 2.94. The molecule has 0 saturated heterocycles. The lowest BCUT2D eigenvalue weighted by molar-refractivity contribution is 0.111. The number of aromatic nitrogens is 3. The summed E-state index contributed by atoms with van der Waals surface area (Å²) < 4.78 is 3.27. The Labute approximate surface area is 123 Å². The monoisotopic (exact) mass is 287 g/mol. The van der Waals surface area contributed by atoms with Crippen molar-refractivity contribution < 1.29 is 6.22 Å². The predicted molar refractivity (Wildman–Crippen MR) is 86.1 cm³/mol. The predicted octanol–water partition coefficient (Wildman–Crippen LogP) is 2.76. The molecule has 1 aromatic carbocycles. The van der Waals surface area contributed by atoms with Gasteiger partial charge in [-0.15, -0.1) is 0 Å². The summed E-state index contributed by atoms with van der Waals surface area (Å²) in [4.78, 5) is 26.5. The number of nitrogens with zero attached hydrogens (tertiary/aromatic N) is 2. The quantitative estimate of drug-likeness (QED) is 0.750. The highest BCUT2D eigenvalue weighted by molar-refractivity contribution is 5.99. The van der Waals surface area contributed by atoms with E-state index in [1.807, 2.05) is 12.1 Å². The van der Waals surface area contributed by atoms with Crippen LogP contribution < -0.4 is 5.69 Å². The summed E-state index contributed by atoms with van der Waals surface area (Å²) in [6.07, 6.45) is 3.88. The van der Waals surface area contributed by atoms with Crippen molar-refractivity contribution in [3.8, 4) is 0 Å². The summed E-state index contributed by atoms with van der Waals surface area (Å²) in [5.41, 5.74) is 4.35. The van der Waals surface area contributed by atoms with E-state index in [2.05, 4.69) is 11.9 Å². The van der Waals surface area contributed by atoms with Gasteiger partial charge >= 0.3 is 5.69 Å².